The summed E-state index contributed by atoms with van der Waals surface area (Å²) in [5.74, 6) is -0.176. The standard InChI is InChI=1S/C18H21Cl2N3O3/c1-2-11-5-7-18(8-6-11)16(25)23(17(26)22-18)10-15(24)21-12-3-4-13(19)14(20)9-12/h3-4,9,11H,2,5-8,10H2,1H3,(H,21,24)(H,22,26). The van der Waals surface area contributed by atoms with Crippen LogP contribution < -0.4 is 10.6 Å². The largest absolute Gasteiger partial charge is 0.325 e. The third kappa shape index (κ3) is 3.67. The first kappa shape index (κ1) is 19.0. The maximum absolute atomic E-state index is 12.8. The Morgan fingerprint density at radius 1 is 1.27 bits per heavy atom. The SMILES string of the molecule is CCC1CCC2(CC1)NC(=O)N(CC(=O)Nc1ccc(Cl)c(Cl)c1)C2=O. The van der Waals surface area contributed by atoms with Gasteiger partial charge in [0.1, 0.15) is 12.1 Å². The molecule has 1 aliphatic heterocycles. The number of anilines is 1. The molecule has 140 valence electrons. The highest BCUT2D eigenvalue weighted by molar-refractivity contribution is 6.42. The minimum Gasteiger partial charge on any atom is -0.324 e. The molecule has 1 spiro atoms. The summed E-state index contributed by atoms with van der Waals surface area (Å²) in [6.45, 7) is 1.81. The first-order valence-corrected chi connectivity index (χ1v) is 9.49. The lowest BCUT2D eigenvalue weighted by molar-refractivity contribution is -0.135. The second-order valence-corrected chi connectivity index (χ2v) is 7.75. The number of carbonyl (C=O) groups excluding carboxylic acids is 3. The summed E-state index contributed by atoms with van der Waals surface area (Å²) < 4.78 is 0. The van der Waals surface area contributed by atoms with E-state index in [1.165, 1.54) is 6.07 Å². The van der Waals surface area contributed by atoms with Gasteiger partial charge in [-0.05, 0) is 49.8 Å². The van der Waals surface area contributed by atoms with Gasteiger partial charge in [-0.3, -0.25) is 14.5 Å². The molecule has 2 fully saturated rings. The summed E-state index contributed by atoms with van der Waals surface area (Å²) in [5.41, 5.74) is -0.387. The summed E-state index contributed by atoms with van der Waals surface area (Å²) in [4.78, 5) is 38.3. The highest BCUT2D eigenvalue weighted by Crippen LogP contribution is 2.37. The Morgan fingerprint density at radius 2 is 1.96 bits per heavy atom. The molecular formula is C18H21Cl2N3O3. The first-order chi connectivity index (χ1) is 12.3. The van der Waals surface area contributed by atoms with Crippen molar-refractivity contribution in [3.63, 3.8) is 0 Å². The van der Waals surface area contributed by atoms with Gasteiger partial charge >= 0.3 is 6.03 Å². The van der Waals surface area contributed by atoms with Crippen LogP contribution in [0.4, 0.5) is 10.5 Å². The Balaban J connectivity index is 1.64. The molecule has 1 aliphatic carbocycles. The number of amides is 4. The fraction of sp³-hybridized carbons (Fsp3) is 0.500. The van der Waals surface area contributed by atoms with Crippen molar-refractivity contribution in [2.24, 2.45) is 5.92 Å². The van der Waals surface area contributed by atoms with Gasteiger partial charge in [0.15, 0.2) is 0 Å². The minimum atomic E-state index is -0.841. The van der Waals surface area contributed by atoms with Crippen molar-refractivity contribution in [1.29, 1.82) is 0 Å². The summed E-state index contributed by atoms with van der Waals surface area (Å²) in [6, 6.07) is 4.18. The zero-order chi connectivity index (χ0) is 18.9. The lowest BCUT2D eigenvalue weighted by atomic mass is 9.75. The van der Waals surface area contributed by atoms with Crippen LogP contribution in [0.1, 0.15) is 39.0 Å². The van der Waals surface area contributed by atoms with Gasteiger partial charge in [0.05, 0.1) is 10.0 Å². The van der Waals surface area contributed by atoms with Crippen LogP contribution in [0.15, 0.2) is 18.2 Å². The van der Waals surface area contributed by atoms with Crippen LogP contribution in [-0.2, 0) is 9.59 Å². The third-order valence-electron chi connectivity index (χ3n) is 5.29. The van der Waals surface area contributed by atoms with E-state index in [1.54, 1.807) is 12.1 Å². The molecule has 0 unspecified atom stereocenters. The van der Waals surface area contributed by atoms with E-state index in [9.17, 15) is 14.4 Å². The molecule has 2 N–H and O–H groups in total. The number of halogens is 2. The van der Waals surface area contributed by atoms with E-state index >= 15 is 0 Å². The zero-order valence-electron chi connectivity index (χ0n) is 14.5. The van der Waals surface area contributed by atoms with E-state index in [0.29, 0.717) is 34.5 Å². The zero-order valence-corrected chi connectivity index (χ0v) is 16.0. The van der Waals surface area contributed by atoms with Gasteiger partial charge in [-0.25, -0.2) is 4.79 Å². The molecule has 6 nitrogen and oxygen atoms in total. The number of hydrogen-bond acceptors (Lipinski definition) is 3. The van der Waals surface area contributed by atoms with Crippen molar-refractivity contribution in [2.45, 2.75) is 44.6 Å². The fourth-order valence-corrected chi connectivity index (χ4v) is 3.95. The van der Waals surface area contributed by atoms with Gasteiger partial charge in [-0.2, -0.15) is 0 Å². The van der Waals surface area contributed by atoms with Crippen LogP contribution in [0.25, 0.3) is 0 Å². The fourth-order valence-electron chi connectivity index (χ4n) is 3.66. The number of hydrogen-bond donors (Lipinski definition) is 2. The summed E-state index contributed by atoms with van der Waals surface area (Å²) in [7, 11) is 0. The maximum atomic E-state index is 12.8. The van der Waals surface area contributed by atoms with Crippen LogP contribution in [0, 0.1) is 5.92 Å². The van der Waals surface area contributed by atoms with Gasteiger partial charge in [-0.1, -0.05) is 36.5 Å². The van der Waals surface area contributed by atoms with Crippen LogP contribution in [0.2, 0.25) is 10.0 Å². The second kappa shape index (κ2) is 7.45. The van der Waals surface area contributed by atoms with Crippen molar-refractivity contribution >= 4 is 46.7 Å². The Kier molecular flexibility index (Phi) is 5.44. The summed E-state index contributed by atoms with van der Waals surface area (Å²) >= 11 is 11.8. The number of urea groups is 1. The van der Waals surface area contributed by atoms with Gasteiger partial charge in [-0.15, -0.1) is 0 Å². The average molecular weight is 398 g/mol. The number of rotatable bonds is 4. The quantitative estimate of drug-likeness (QED) is 0.757. The number of benzene rings is 1. The number of carbonyl (C=O) groups is 3. The molecule has 3 rings (SSSR count). The predicted molar refractivity (Wildman–Crippen MR) is 100 cm³/mol. The third-order valence-corrected chi connectivity index (χ3v) is 6.03. The van der Waals surface area contributed by atoms with Crippen molar-refractivity contribution in [2.75, 3.05) is 11.9 Å². The number of nitrogens with zero attached hydrogens (tertiary/aromatic N) is 1. The molecule has 1 aromatic carbocycles. The molecule has 2 aliphatic rings. The van der Waals surface area contributed by atoms with Crippen molar-refractivity contribution in [3.8, 4) is 0 Å². The molecule has 4 amide bonds. The maximum Gasteiger partial charge on any atom is 0.325 e. The Morgan fingerprint density at radius 3 is 2.58 bits per heavy atom. The Hall–Kier alpha value is -1.79. The smallest absolute Gasteiger partial charge is 0.324 e. The lowest BCUT2D eigenvalue weighted by Gasteiger charge is -2.34. The van der Waals surface area contributed by atoms with Gasteiger partial charge in [0.2, 0.25) is 5.91 Å². The molecule has 26 heavy (non-hydrogen) atoms. The topological polar surface area (TPSA) is 78.5 Å². The highest BCUT2D eigenvalue weighted by atomic mass is 35.5. The summed E-state index contributed by atoms with van der Waals surface area (Å²) in [5, 5.41) is 6.14. The van der Waals surface area contributed by atoms with E-state index in [0.717, 1.165) is 24.2 Å². The first-order valence-electron chi connectivity index (χ1n) is 8.73. The van der Waals surface area contributed by atoms with E-state index in [4.69, 9.17) is 23.2 Å². The molecule has 8 heteroatoms. The molecule has 1 saturated heterocycles. The van der Waals surface area contributed by atoms with Crippen LogP contribution in [0.5, 0.6) is 0 Å². The van der Waals surface area contributed by atoms with Gasteiger partial charge < -0.3 is 10.6 Å². The molecule has 1 aromatic rings. The molecule has 1 saturated carbocycles. The van der Waals surface area contributed by atoms with E-state index in [2.05, 4.69) is 17.6 Å². The van der Waals surface area contributed by atoms with E-state index < -0.39 is 17.5 Å². The summed E-state index contributed by atoms with van der Waals surface area (Å²) in [6.07, 6.45) is 4.15. The predicted octanol–water partition coefficient (Wildman–Crippen LogP) is 3.82. The molecule has 0 radical (unpaired) electrons. The van der Waals surface area contributed by atoms with Crippen molar-refractivity contribution < 1.29 is 14.4 Å². The second-order valence-electron chi connectivity index (χ2n) is 6.93. The highest BCUT2D eigenvalue weighted by Gasteiger charge is 2.52. The van der Waals surface area contributed by atoms with Crippen LogP contribution in [-0.4, -0.2) is 34.8 Å². The molecule has 1 heterocycles. The van der Waals surface area contributed by atoms with E-state index in [1.807, 2.05) is 0 Å². The molecule has 0 bridgehead atoms. The van der Waals surface area contributed by atoms with Gasteiger partial charge in [0.25, 0.3) is 5.91 Å². The Labute approximate surface area is 162 Å². The van der Waals surface area contributed by atoms with E-state index in [-0.39, 0.29) is 12.5 Å². The lowest BCUT2D eigenvalue weighted by Crippen LogP contribution is -2.49. The van der Waals surface area contributed by atoms with Crippen LogP contribution >= 0.6 is 23.2 Å². The Bertz CT molecular complexity index is 745. The van der Waals surface area contributed by atoms with Gasteiger partial charge in [0, 0.05) is 5.69 Å². The van der Waals surface area contributed by atoms with Crippen LogP contribution in [0.3, 0.4) is 0 Å². The monoisotopic (exact) mass is 397 g/mol. The molecule has 0 aromatic heterocycles. The number of nitrogens with one attached hydrogen (secondary N) is 2. The molecule has 0 atom stereocenters. The average Bonchev–Trinajstić information content (AvgIpc) is 2.83. The molecular weight excluding hydrogens is 377 g/mol. The normalized spacial score (nSPS) is 25.5. The minimum absolute atomic E-state index is 0.304. The van der Waals surface area contributed by atoms with Crippen molar-refractivity contribution in [1.82, 2.24) is 10.2 Å². The van der Waals surface area contributed by atoms with Crippen molar-refractivity contribution in [3.05, 3.63) is 28.2 Å². The number of imide groups is 1.